The number of esters is 1. The van der Waals surface area contributed by atoms with Crippen molar-refractivity contribution in [3.63, 3.8) is 0 Å². The number of nitro groups is 1. The van der Waals surface area contributed by atoms with Gasteiger partial charge in [0, 0.05) is 11.6 Å². The third-order valence-corrected chi connectivity index (χ3v) is 5.44. The average Bonchev–Trinajstić information content (AvgIpc) is 3.23. The van der Waals surface area contributed by atoms with Crippen LogP contribution in [0, 0.1) is 10.1 Å². The summed E-state index contributed by atoms with van der Waals surface area (Å²) in [6.07, 6.45) is 1.56. The standard InChI is InChI=1S/C26H21N3O7/c1-34-22-14-16(9-11-19(22)26(31)36-3)13-20-25(30)28(24(27-20)17-7-5-4-6-8-17)21-12-10-18(29(32)33)15-23(21)35-2/h4-15H,1-3H3/b20-13+. The SMILES string of the molecule is COC(=O)c1ccc(/C=C2/N=C(c3ccccc3)N(c3ccc([N+](=O)[O-])cc3OC)C2=O)cc1OC. The number of rotatable bonds is 7. The molecule has 10 heteroatoms. The van der Waals surface area contributed by atoms with Gasteiger partial charge in [-0.25, -0.2) is 9.79 Å². The summed E-state index contributed by atoms with van der Waals surface area (Å²) in [4.78, 5) is 42.2. The van der Waals surface area contributed by atoms with Gasteiger partial charge >= 0.3 is 5.97 Å². The van der Waals surface area contributed by atoms with Crippen molar-refractivity contribution in [2.45, 2.75) is 0 Å². The zero-order chi connectivity index (χ0) is 25.8. The Morgan fingerprint density at radius 3 is 2.33 bits per heavy atom. The van der Waals surface area contributed by atoms with Crippen LogP contribution in [0.3, 0.4) is 0 Å². The van der Waals surface area contributed by atoms with E-state index in [9.17, 15) is 19.7 Å². The van der Waals surface area contributed by atoms with Gasteiger partial charge in [-0.05, 0) is 29.8 Å². The van der Waals surface area contributed by atoms with E-state index in [0.29, 0.717) is 22.6 Å². The molecule has 1 heterocycles. The second kappa shape index (κ2) is 10.1. The molecule has 0 N–H and O–H groups in total. The first-order chi connectivity index (χ1) is 17.4. The number of carbonyl (C=O) groups is 2. The van der Waals surface area contributed by atoms with Crippen LogP contribution in [0.2, 0.25) is 0 Å². The largest absolute Gasteiger partial charge is 0.496 e. The fourth-order valence-electron chi connectivity index (χ4n) is 3.72. The summed E-state index contributed by atoms with van der Waals surface area (Å²) in [5.41, 5.74) is 1.71. The number of hydrogen-bond acceptors (Lipinski definition) is 8. The first-order valence-electron chi connectivity index (χ1n) is 10.7. The van der Waals surface area contributed by atoms with E-state index in [4.69, 9.17) is 14.2 Å². The van der Waals surface area contributed by atoms with Crippen LogP contribution in [0.1, 0.15) is 21.5 Å². The number of benzene rings is 3. The maximum atomic E-state index is 13.6. The molecule has 0 bridgehead atoms. The summed E-state index contributed by atoms with van der Waals surface area (Å²) in [6, 6.07) is 17.8. The number of amides is 1. The summed E-state index contributed by atoms with van der Waals surface area (Å²) in [5, 5.41) is 11.2. The molecule has 182 valence electrons. The zero-order valence-corrected chi connectivity index (χ0v) is 19.6. The van der Waals surface area contributed by atoms with Crippen molar-refractivity contribution in [3.05, 3.63) is 99.2 Å². The molecule has 0 saturated heterocycles. The van der Waals surface area contributed by atoms with Gasteiger partial charge in [0.2, 0.25) is 0 Å². The number of ether oxygens (including phenoxy) is 3. The number of amidine groups is 1. The van der Waals surface area contributed by atoms with E-state index in [1.54, 1.807) is 30.3 Å². The molecular formula is C26H21N3O7. The smallest absolute Gasteiger partial charge is 0.341 e. The van der Waals surface area contributed by atoms with E-state index in [1.165, 1.54) is 50.5 Å². The van der Waals surface area contributed by atoms with E-state index >= 15 is 0 Å². The molecule has 0 radical (unpaired) electrons. The van der Waals surface area contributed by atoms with Crippen LogP contribution in [0.4, 0.5) is 11.4 Å². The number of non-ortho nitro benzene ring substituents is 1. The van der Waals surface area contributed by atoms with Crippen molar-refractivity contribution < 1.29 is 28.7 Å². The molecule has 0 spiro atoms. The lowest BCUT2D eigenvalue weighted by Gasteiger charge is -2.20. The third-order valence-electron chi connectivity index (χ3n) is 5.44. The number of methoxy groups -OCH3 is 3. The Morgan fingerprint density at radius 2 is 1.69 bits per heavy atom. The minimum absolute atomic E-state index is 0.113. The Labute approximate surface area is 206 Å². The lowest BCUT2D eigenvalue weighted by atomic mass is 10.1. The second-order valence-electron chi connectivity index (χ2n) is 7.54. The minimum atomic E-state index is -0.552. The number of aliphatic imine (C=N–C) groups is 1. The molecule has 1 aliphatic rings. The Bertz CT molecular complexity index is 1410. The van der Waals surface area contributed by atoms with E-state index in [2.05, 4.69) is 4.99 Å². The molecule has 1 aliphatic heterocycles. The molecule has 0 saturated carbocycles. The number of anilines is 1. The van der Waals surface area contributed by atoms with Crippen LogP contribution in [-0.2, 0) is 9.53 Å². The molecule has 36 heavy (non-hydrogen) atoms. The number of nitrogens with zero attached hydrogens (tertiary/aromatic N) is 3. The zero-order valence-electron chi connectivity index (χ0n) is 19.6. The highest BCUT2D eigenvalue weighted by Gasteiger charge is 2.35. The molecule has 0 unspecified atom stereocenters. The highest BCUT2D eigenvalue weighted by atomic mass is 16.6. The van der Waals surface area contributed by atoms with E-state index in [-0.39, 0.29) is 28.4 Å². The fraction of sp³-hybridized carbons (Fsp3) is 0.115. The van der Waals surface area contributed by atoms with Crippen molar-refractivity contribution in [1.29, 1.82) is 0 Å². The number of carbonyl (C=O) groups excluding carboxylic acids is 2. The number of hydrogen-bond donors (Lipinski definition) is 0. The van der Waals surface area contributed by atoms with Crippen LogP contribution in [0.15, 0.2) is 77.4 Å². The minimum Gasteiger partial charge on any atom is -0.496 e. The third kappa shape index (κ3) is 4.51. The summed E-state index contributed by atoms with van der Waals surface area (Å²) in [6.45, 7) is 0. The molecular weight excluding hydrogens is 466 g/mol. The van der Waals surface area contributed by atoms with E-state index in [1.807, 2.05) is 18.2 Å². The Balaban J connectivity index is 1.83. The molecule has 1 amide bonds. The van der Waals surface area contributed by atoms with Crippen molar-refractivity contribution in [2.24, 2.45) is 4.99 Å². The van der Waals surface area contributed by atoms with Gasteiger partial charge in [-0.15, -0.1) is 0 Å². The van der Waals surface area contributed by atoms with Crippen LogP contribution in [0.25, 0.3) is 6.08 Å². The predicted octanol–water partition coefficient (Wildman–Crippen LogP) is 4.23. The normalized spacial score (nSPS) is 14.0. The Morgan fingerprint density at radius 1 is 0.972 bits per heavy atom. The van der Waals surface area contributed by atoms with Crippen LogP contribution < -0.4 is 14.4 Å². The maximum Gasteiger partial charge on any atom is 0.341 e. The van der Waals surface area contributed by atoms with Gasteiger partial charge < -0.3 is 14.2 Å². The average molecular weight is 487 g/mol. The van der Waals surface area contributed by atoms with Gasteiger partial charge in [0.05, 0.1) is 38.0 Å². The van der Waals surface area contributed by atoms with Gasteiger partial charge in [0.15, 0.2) is 0 Å². The van der Waals surface area contributed by atoms with E-state index in [0.717, 1.165) is 0 Å². The van der Waals surface area contributed by atoms with Crippen LogP contribution in [-0.4, -0.2) is 44.0 Å². The molecule has 10 nitrogen and oxygen atoms in total. The van der Waals surface area contributed by atoms with Gasteiger partial charge in [-0.3, -0.25) is 19.8 Å². The van der Waals surface area contributed by atoms with Gasteiger partial charge in [-0.1, -0.05) is 36.4 Å². The number of nitro benzene ring substituents is 1. The lowest BCUT2D eigenvalue weighted by molar-refractivity contribution is -0.384. The predicted molar refractivity (Wildman–Crippen MR) is 132 cm³/mol. The topological polar surface area (TPSA) is 121 Å². The molecule has 3 aromatic carbocycles. The highest BCUT2D eigenvalue weighted by Crippen LogP contribution is 2.37. The summed E-state index contributed by atoms with van der Waals surface area (Å²) in [5.74, 6) is -0.257. The molecule has 0 aromatic heterocycles. The first-order valence-corrected chi connectivity index (χ1v) is 10.7. The van der Waals surface area contributed by atoms with Crippen LogP contribution >= 0.6 is 0 Å². The van der Waals surface area contributed by atoms with Gasteiger partial charge in [-0.2, -0.15) is 0 Å². The second-order valence-corrected chi connectivity index (χ2v) is 7.54. The van der Waals surface area contributed by atoms with Crippen molar-refractivity contribution in [3.8, 4) is 11.5 Å². The monoisotopic (exact) mass is 487 g/mol. The van der Waals surface area contributed by atoms with Crippen LogP contribution in [0.5, 0.6) is 11.5 Å². The van der Waals surface area contributed by atoms with E-state index < -0.39 is 16.8 Å². The maximum absolute atomic E-state index is 13.6. The molecule has 3 aromatic rings. The summed E-state index contributed by atoms with van der Waals surface area (Å²) >= 11 is 0. The lowest BCUT2D eigenvalue weighted by Crippen LogP contribution is -2.33. The summed E-state index contributed by atoms with van der Waals surface area (Å²) < 4.78 is 15.5. The van der Waals surface area contributed by atoms with Crippen molar-refractivity contribution in [1.82, 2.24) is 0 Å². The first kappa shape index (κ1) is 24.1. The Kier molecular flexibility index (Phi) is 6.77. The Hall–Kier alpha value is -4.99. The summed E-state index contributed by atoms with van der Waals surface area (Å²) in [7, 11) is 4.07. The quantitative estimate of drug-likeness (QED) is 0.212. The van der Waals surface area contributed by atoms with Gasteiger partial charge in [0.25, 0.3) is 11.6 Å². The van der Waals surface area contributed by atoms with Gasteiger partial charge in [0.1, 0.15) is 28.6 Å². The molecule has 0 fully saturated rings. The van der Waals surface area contributed by atoms with Crippen molar-refractivity contribution >= 4 is 35.2 Å². The molecule has 0 atom stereocenters. The highest BCUT2D eigenvalue weighted by molar-refractivity contribution is 6.33. The molecule has 4 rings (SSSR count). The van der Waals surface area contributed by atoms with Crippen molar-refractivity contribution in [2.75, 3.05) is 26.2 Å². The fourth-order valence-corrected chi connectivity index (χ4v) is 3.72. The molecule has 0 aliphatic carbocycles.